The lowest BCUT2D eigenvalue weighted by atomic mass is 10.0. The molecule has 0 fully saturated rings. The van der Waals surface area contributed by atoms with Crippen molar-refractivity contribution in [3.8, 4) is 5.75 Å². The first kappa shape index (κ1) is 21.1. The molecular formula is C25H23N3O4. The second kappa shape index (κ2) is 9.34. The minimum atomic E-state index is -0.567. The number of nitrogens with one attached hydrogen (secondary N) is 3. The molecule has 1 heterocycles. The lowest BCUT2D eigenvalue weighted by molar-refractivity contribution is -0.122. The van der Waals surface area contributed by atoms with Crippen LogP contribution in [0, 0.1) is 0 Å². The van der Waals surface area contributed by atoms with E-state index in [4.69, 9.17) is 4.74 Å². The number of carbonyl (C=O) groups is 3. The molecule has 0 saturated carbocycles. The van der Waals surface area contributed by atoms with Gasteiger partial charge in [0.15, 0.2) is 6.10 Å². The Hall–Kier alpha value is -4.13. The molecule has 3 aromatic carbocycles. The molecule has 0 aromatic heterocycles. The zero-order valence-electron chi connectivity index (χ0n) is 17.5. The van der Waals surface area contributed by atoms with Crippen LogP contribution >= 0.6 is 0 Å². The van der Waals surface area contributed by atoms with Crippen LogP contribution in [-0.4, -0.2) is 23.8 Å². The summed E-state index contributed by atoms with van der Waals surface area (Å²) in [5.74, 6) is -0.222. The highest BCUT2D eigenvalue weighted by Crippen LogP contribution is 2.32. The maximum atomic E-state index is 12.8. The van der Waals surface area contributed by atoms with E-state index in [0.717, 1.165) is 5.56 Å². The van der Waals surface area contributed by atoms with E-state index in [9.17, 15) is 14.4 Å². The average molecular weight is 429 g/mol. The Morgan fingerprint density at radius 3 is 2.41 bits per heavy atom. The van der Waals surface area contributed by atoms with Gasteiger partial charge in [-0.2, -0.15) is 0 Å². The highest BCUT2D eigenvalue weighted by Gasteiger charge is 2.24. The van der Waals surface area contributed by atoms with Crippen molar-refractivity contribution in [3.63, 3.8) is 0 Å². The van der Waals surface area contributed by atoms with Gasteiger partial charge < -0.3 is 20.7 Å². The van der Waals surface area contributed by atoms with Crippen LogP contribution in [0.1, 0.15) is 35.3 Å². The van der Waals surface area contributed by atoms with Gasteiger partial charge in [-0.3, -0.25) is 14.4 Å². The number of hydrogen-bond acceptors (Lipinski definition) is 4. The Morgan fingerprint density at radius 2 is 1.69 bits per heavy atom. The van der Waals surface area contributed by atoms with Crippen molar-refractivity contribution in [3.05, 3.63) is 90.0 Å². The normalized spacial score (nSPS) is 15.5. The van der Waals surface area contributed by atoms with E-state index in [1.54, 1.807) is 49.4 Å². The van der Waals surface area contributed by atoms with Crippen molar-refractivity contribution in [2.24, 2.45) is 0 Å². The van der Waals surface area contributed by atoms with E-state index in [1.165, 1.54) is 0 Å². The van der Waals surface area contributed by atoms with Crippen LogP contribution in [-0.2, 0) is 9.59 Å². The third-order valence-electron chi connectivity index (χ3n) is 5.13. The molecule has 1 aliphatic heterocycles. The van der Waals surface area contributed by atoms with Gasteiger partial charge in [-0.15, -0.1) is 0 Å². The van der Waals surface area contributed by atoms with Crippen LogP contribution in [0.15, 0.2) is 78.9 Å². The predicted molar refractivity (Wildman–Crippen MR) is 121 cm³/mol. The van der Waals surface area contributed by atoms with Gasteiger partial charge in [-0.1, -0.05) is 48.5 Å². The van der Waals surface area contributed by atoms with Crippen LogP contribution in [0.25, 0.3) is 0 Å². The zero-order chi connectivity index (χ0) is 22.5. The smallest absolute Gasteiger partial charge is 0.265 e. The molecule has 1 aliphatic rings. The second-order valence-corrected chi connectivity index (χ2v) is 7.52. The van der Waals surface area contributed by atoms with Crippen molar-refractivity contribution < 1.29 is 19.1 Å². The first-order valence-corrected chi connectivity index (χ1v) is 10.3. The lowest BCUT2D eigenvalue weighted by Crippen LogP contribution is -2.34. The summed E-state index contributed by atoms with van der Waals surface area (Å²) >= 11 is 0. The van der Waals surface area contributed by atoms with E-state index in [0.29, 0.717) is 22.7 Å². The zero-order valence-corrected chi connectivity index (χ0v) is 17.5. The van der Waals surface area contributed by atoms with Crippen molar-refractivity contribution in [2.75, 3.05) is 10.6 Å². The maximum Gasteiger partial charge on any atom is 0.265 e. The Morgan fingerprint density at radius 1 is 1.00 bits per heavy atom. The molecule has 0 saturated heterocycles. The molecule has 4 rings (SSSR count). The molecule has 3 N–H and O–H groups in total. The first-order chi connectivity index (χ1) is 15.5. The van der Waals surface area contributed by atoms with Gasteiger partial charge in [0.05, 0.1) is 18.2 Å². The largest absolute Gasteiger partial charge is 0.479 e. The number of ether oxygens (including phenoxy) is 1. The molecule has 0 aliphatic carbocycles. The monoisotopic (exact) mass is 429 g/mol. The SMILES string of the molecule is CC1Oc2ccc(NC(=O)CC(NC(=O)c3ccccc3)c3ccccc3)cc2NC1=O. The van der Waals surface area contributed by atoms with Crippen LogP contribution in [0.5, 0.6) is 5.75 Å². The molecule has 32 heavy (non-hydrogen) atoms. The summed E-state index contributed by atoms with van der Waals surface area (Å²) in [6.07, 6.45) is -0.526. The number of amides is 3. The topological polar surface area (TPSA) is 96.5 Å². The summed E-state index contributed by atoms with van der Waals surface area (Å²) in [6.45, 7) is 1.67. The molecule has 0 bridgehead atoms. The fourth-order valence-electron chi connectivity index (χ4n) is 3.45. The Bertz CT molecular complexity index is 1130. The second-order valence-electron chi connectivity index (χ2n) is 7.52. The van der Waals surface area contributed by atoms with Crippen molar-refractivity contribution in [1.29, 1.82) is 0 Å². The van der Waals surface area contributed by atoms with Gasteiger partial charge in [-0.25, -0.2) is 0 Å². The summed E-state index contributed by atoms with van der Waals surface area (Å²) in [4.78, 5) is 37.4. The summed E-state index contributed by atoms with van der Waals surface area (Å²) in [7, 11) is 0. The first-order valence-electron chi connectivity index (χ1n) is 10.3. The number of anilines is 2. The Balaban J connectivity index is 1.47. The number of carbonyl (C=O) groups excluding carboxylic acids is 3. The molecule has 162 valence electrons. The standard InChI is InChI=1S/C25H23N3O4/c1-16-24(30)28-21-14-19(12-13-22(21)32-16)26-23(29)15-20(17-8-4-2-5-9-17)27-25(31)18-10-6-3-7-11-18/h2-14,16,20H,15H2,1H3,(H,26,29)(H,27,31)(H,28,30). The van der Waals surface area contributed by atoms with Crippen LogP contribution in [0.3, 0.4) is 0 Å². The molecule has 3 amide bonds. The van der Waals surface area contributed by atoms with Gasteiger partial charge in [0, 0.05) is 11.3 Å². The summed E-state index contributed by atoms with van der Waals surface area (Å²) in [5, 5.41) is 8.55. The number of fused-ring (bicyclic) bond motifs is 1. The lowest BCUT2D eigenvalue weighted by Gasteiger charge is -2.24. The van der Waals surface area contributed by atoms with Gasteiger partial charge in [0.25, 0.3) is 11.8 Å². The highest BCUT2D eigenvalue weighted by atomic mass is 16.5. The third-order valence-corrected chi connectivity index (χ3v) is 5.13. The fraction of sp³-hybridized carbons (Fsp3) is 0.160. The molecule has 3 aromatic rings. The van der Waals surface area contributed by atoms with Crippen molar-refractivity contribution in [2.45, 2.75) is 25.5 Å². The average Bonchev–Trinajstić information content (AvgIpc) is 2.80. The minimum absolute atomic E-state index is 0.0412. The van der Waals surface area contributed by atoms with Gasteiger partial charge in [0.1, 0.15) is 5.75 Å². The van der Waals surface area contributed by atoms with Crippen LogP contribution in [0.2, 0.25) is 0 Å². The number of rotatable bonds is 6. The predicted octanol–water partition coefficient (Wildman–Crippen LogP) is 3.91. The van der Waals surface area contributed by atoms with Gasteiger partial charge >= 0.3 is 0 Å². The quantitative estimate of drug-likeness (QED) is 0.554. The van der Waals surface area contributed by atoms with E-state index >= 15 is 0 Å². The van der Waals surface area contributed by atoms with Gasteiger partial charge in [0.2, 0.25) is 5.91 Å². The Kier molecular flexibility index (Phi) is 6.17. The van der Waals surface area contributed by atoms with Crippen molar-refractivity contribution in [1.82, 2.24) is 5.32 Å². The van der Waals surface area contributed by atoms with Crippen LogP contribution in [0.4, 0.5) is 11.4 Å². The molecule has 0 spiro atoms. The summed E-state index contributed by atoms with van der Waals surface area (Å²) in [6, 6.07) is 22.8. The summed E-state index contributed by atoms with van der Waals surface area (Å²) in [5.41, 5.74) is 2.37. The molecule has 7 heteroatoms. The Labute approximate surface area is 185 Å². The molecular weight excluding hydrogens is 406 g/mol. The summed E-state index contributed by atoms with van der Waals surface area (Å²) < 4.78 is 5.54. The number of hydrogen-bond donors (Lipinski definition) is 3. The maximum absolute atomic E-state index is 12.8. The van der Waals surface area contributed by atoms with Crippen molar-refractivity contribution >= 4 is 29.1 Å². The molecule has 2 unspecified atom stereocenters. The minimum Gasteiger partial charge on any atom is -0.479 e. The fourth-order valence-corrected chi connectivity index (χ4v) is 3.45. The molecule has 0 radical (unpaired) electrons. The third kappa shape index (κ3) is 4.95. The van der Waals surface area contributed by atoms with E-state index < -0.39 is 12.1 Å². The van der Waals surface area contributed by atoms with E-state index in [2.05, 4.69) is 16.0 Å². The molecule has 7 nitrogen and oxygen atoms in total. The molecule has 2 atom stereocenters. The highest BCUT2D eigenvalue weighted by molar-refractivity contribution is 5.99. The van der Waals surface area contributed by atoms with E-state index in [-0.39, 0.29) is 24.1 Å². The van der Waals surface area contributed by atoms with Gasteiger partial charge in [-0.05, 0) is 42.8 Å². The number of benzene rings is 3. The van der Waals surface area contributed by atoms with Crippen LogP contribution < -0.4 is 20.7 Å². The van der Waals surface area contributed by atoms with E-state index in [1.807, 2.05) is 36.4 Å².